The number of nitrogens with one attached hydrogen (secondary N) is 1. The second kappa shape index (κ2) is 8.24. The van der Waals surface area contributed by atoms with Crippen molar-refractivity contribution in [3.63, 3.8) is 0 Å². The summed E-state index contributed by atoms with van der Waals surface area (Å²) in [7, 11) is -1.25. The van der Waals surface area contributed by atoms with Crippen molar-refractivity contribution in [2.24, 2.45) is 0 Å². The molecule has 0 aliphatic heterocycles. The molecule has 0 radical (unpaired) electrons. The number of hydrogen-bond donors (Lipinski definition) is 2. The molecule has 1 fully saturated rings. The molecular weight excluding hydrogens is 254 g/mol. The summed E-state index contributed by atoms with van der Waals surface area (Å²) in [5, 5.41) is 11.3. The number of carbonyl (C=O) groups is 2. The van der Waals surface area contributed by atoms with Gasteiger partial charge in [-0.25, -0.2) is 0 Å². The molecule has 1 aliphatic rings. The molecule has 1 unspecified atom stereocenters. The Labute approximate surface area is 110 Å². The van der Waals surface area contributed by atoms with E-state index in [0.717, 1.165) is 25.7 Å². The Balaban J connectivity index is 2.14. The lowest BCUT2D eigenvalue weighted by Crippen LogP contribution is -2.38. The second-order valence-electron chi connectivity index (χ2n) is 4.69. The molecule has 0 aromatic heterocycles. The van der Waals surface area contributed by atoms with E-state index in [1.807, 2.05) is 0 Å². The molecule has 0 saturated heterocycles. The highest BCUT2D eigenvalue weighted by molar-refractivity contribution is 7.85. The smallest absolute Gasteiger partial charge is 0.303 e. The summed E-state index contributed by atoms with van der Waals surface area (Å²) in [4.78, 5) is 21.9. The van der Waals surface area contributed by atoms with Crippen molar-refractivity contribution in [1.82, 2.24) is 5.32 Å². The molecule has 1 rings (SSSR count). The van der Waals surface area contributed by atoms with Gasteiger partial charge >= 0.3 is 5.97 Å². The van der Waals surface area contributed by atoms with Crippen molar-refractivity contribution in [3.8, 4) is 0 Å². The second-order valence-corrected chi connectivity index (χ2v) is 6.26. The molecule has 18 heavy (non-hydrogen) atoms. The summed E-state index contributed by atoms with van der Waals surface area (Å²) in [5.41, 5.74) is 0. The third kappa shape index (κ3) is 6.74. The van der Waals surface area contributed by atoms with E-state index >= 15 is 0 Å². The standard InChI is InChI=1S/C12H21NO4S/c14-11(13-10-5-2-1-3-6-10)9-18(17)8-4-7-12(15)16/h10H,1-9H2,(H,13,14)(H,15,16). The zero-order chi connectivity index (χ0) is 13.4. The van der Waals surface area contributed by atoms with Crippen LogP contribution in [0.25, 0.3) is 0 Å². The van der Waals surface area contributed by atoms with Crippen LogP contribution in [0.4, 0.5) is 0 Å². The fourth-order valence-electron chi connectivity index (χ4n) is 2.12. The van der Waals surface area contributed by atoms with E-state index in [-0.39, 0.29) is 29.9 Å². The molecule has 1 aliphatic carbocycles. The Morgan fingerprint density at radius 2 is 1.89 bits per heavy atom. The van der Waals surface area contributed by atoms with E-state index in [9.17, 15) is 13.8 Å². The largest absolute Gasteiger partial charge is 0.481 e. The molecule has 0 aromatic rings. The minimum absolute atomic E-state index is 0.00385. The molecule has 0 heterocycles. The monoisotopic (exact) mass is 275 g/mol. The van der Waals surface area contributed by atoms with Crippen LogP contribution in [-0.2, 0) is 20.4 Å². The van der Waals surface area contributed by atoms with Crippen LogP contribution in [0.1, 0.15) is 44.9 Å². The fourth-order valence-corrected chi connectivity index (χ4v) is 3.11. The number of amides is 1. The Bertz CT molecular complexity index is 313. The van der Waals surface area contributed by atoms with E-state index in [0.29, 0.717) is 6.42 Å². The van der Waals surface area contributed by atoms with Gasteiger partial charge in [-0.15, -0.1) is 0 Å². The van der Waals surface area contributed by atoms with Gasteiger partial charge in [-0.3, -0.25) is 13.8 Å². The van der Waals surface area contributed by atoms with Gasteiger partial charge in [-0.1, -0.05) is 19.3 Å². The lowest BCUT2D eigenvalue weighted by molar-refractivity contribution is -0.137. The predicted octanol–water partition coefficient (Wildman–Crippen LogP) is 1.05. The topological polar surface area (TPSA) is 83.5 Å². The van der Waals surface area contributed by atoms with Crippen LogP contribution in [0.5, 0.6) is 0 Å². The lowest BCUT2D eigenvalue weighted by atomic mass is 9.95. The zero-order valence-corrected chi connectivity index (χ0v) is 11.3. The van der Waals surface area contributed by atoms with Crippen LogP contribution >= 0.6 is 0 Å². The third-order valence-corrected chi connectivity index (χ3v) is 4.35. The molecule has 0 bridgehead atoms. The zero-order valence-electron chi connectivity index (χ0n) is 10.5. The lowest BCUT2D eigenvalue weighted by Gasteiger charge is -2.22. The van der Waals surface area contributed by atoms with E-state index in [1.165, 1.54) is 6.42 Å². The van der Waals surface area contributed by atoms with Crippen LogP contribution < -0.4 is 5.32 Å². The summed E-state index contributed by atoms with van der Waals surface area (Å²) < 4.78 is 11.5. The summed E-state index contributed by atoms with van der Waals surface area (Å²) in [6, 6.07) is 0.238. The molecule has 0 aromatic carbocycles. The number of carboxylic acid groups (broad SMARTS) is 1. The van der Waals surface area contributed by atoms with Crippen LogP contribution in [0, 0.1) is 0 Å². The van der Waals surface area contributed by atoms with E-state index in [2.05, 4.69) is 5.32 Å². The molecular formula is C12H21NO4S. The highest BCUT2D eigenvalue weighted by Gasteiger charge is 2.16. The quantitative estimate of drug-likeness (QED) is 0.727. The molecule has 5 nitrogen and oxygen atoms in total. The summed E-state index contributed by atoms with van der Waals surface area (Å²) in [6.45, 7) is 0. The maximum absolute atomic E-state index is 11.6. The predicted molar refractivity (Wildman–Crippen MR) is 69.8 cm³/mol. The number of aliphatic carboxylic acids is 1. The van der Waals surface area contributed by atoms with E-state index < -0.39 is 16.8 Å². The Morgan fingerprint density at radius 1 is 1.22 bits per heavy atom. The van der Waals surface area contributed by atoms with Gasteiger partial charge in [0.05, 0.1) is 0 Å². The third-order valence-electron chi connectivity index (χ3n) is 3.03. The first-order valence-electron chi connectivity index (χ1n) is 6.44. The number of rotatable bonds is 7. The van der Waals surface area contributed by atoms with Gasteiger partial charge in [0.2, 0.25) is 5.91 Å². The summed E-state index contributed by atoms with van der Waals surface area (Å²) in [5.74, 6) is -0.783. The summed E-state index contributed by atoms with van der Waals surface area (Å²) >= 11 is 0. The Kier molecular flexibility index (Phi) is 6.93. The van der Waals surface area contributed by atoms with Crippen molar-refractivity contribution in [2.45, 2.75) is 51.0 Å². The van der Waals surface area contributed by atoms with Crippen molar-refractivity contribution < 1.29 is 18.9 Å². The van der Waals surface area contributed by atoms with Crippen LogP contribution in [-0.4, -0.2) is 38.7 Å². The molecule has 1 amide bonds. The fraction of sp³-hybridized carbons (Fsp3) is 0.833. The van der Waals surface area contributed by atoms with Gasteiger partial charge < -0.3 is 10.4 Å². The Morgan fingerprint density at radius 3 is 2.50 bits per heavy atom. The van der Waals surface area contributed by atoms with E-state index in [1.54, 1.807) is 0 Å². The Hall–Kier alpha value is -0.910. The van der Waals surface area contributed by atoms with Gasteiger partial charge in [-0.05, 0) is 19.3 Å². The molecule has 6 heteroatoms. The molecule has 2 N–H and O–H groups in total. The molecule has 104 valence electrons. The van der Waals surface area contributed by atoms with Gasteiger partial charge in [0.15, 0.2) is 0 Å². The van der Waals surface area contributed by atoms with E-state index in [4.69, 9.17) is 5.11 Å². The molecule has 0 spiro atoms. The first-order chi connectivity index (χ1) is 8.58. The van der Waals surface area contributed by atoms with Gasteiger partial charge in [0.25, 0.3) is 0 Å². The number of carboxylic acids is 1. The average molecular weight is 275 g/mol. The molecule has 1 atom stereocenters. The average Bonchev–Trinajstić information content (AvgIpc) is 2.29. The highest BCUT2D eigenvalue weighted by atomic mass is 32.2. The maximum Gasteiger partial charge on any atom is 0.303 e. The van der Waals surface area contributed by atoms with Crippen molar-refractivity contribution in [1.29, 1.82) is 0 Å². The SMILES string of the molecule is O=C(O)CCCS(=O)CC(=O)NC1CCCCC1. The van der Waals surface area contributed by atoms with Gasteiger partial charge in [0, 0.05) is 29.0 Å². The van der Waals surface area contributed by atoms with Crippen molar-refractivity contribution in [2.75, 3.05) is 11.5 Å². The first-order valence-corrected chi connectivity index (χ1v) is 7.93. The van der Waals surface area contributed by atoms with Crippen molar-refractivity contribution in [3.05, 3.63) is 0 Å². The van der Waals surface area contributed by atoms with Gasteiger partial charge in [0.1, 0.15) is 5.75 Å². The first kappa shape index (κ1) is 15.1. The molecule has 1 saturated carbocycles. The van der Waals surface area contributed by atoms with Crippen LogP contribution in [0.15, 0.2) is 0 Å². The van der Waals surface area contributed by atoms with Crippen LogP contribution in [0.3, 0.4) is 0 Å². The minimum Gasteiger partial charge on any atom is -0.481 e. The van der Waals surface area contributed by atoms with Crippen molar-refractivity contribution >= 4 is 22.7 Å². The normalized spacial score (nSPS) is 18.2. The van der Waals surface area contributed by atoms with Gasteiger partial charge in [-0.2, -0.15) is 0 Å². The number of hydrogen-bond acceptors (Lipinski definition) is 3. The maximum atomic E-state index is 11.6. The highest BCUT2D eigenvalue weighted by Crippen LogP contribution is 2.17. The summed E-state index contributed by atoms with van der Waals surface area (Å²) in [6.07, 6.45) is 5.91. The van der Waals surface area contributed by atoms with Crippen LogP contribution in [0.2, 0.25) is 0 Å². The minimum atomic E-state index is -1.25. The number of carbonyl (C=O) groups excluding carboxylic acids is 1.